The van der Waals surface area contributed by atoms with Gasteiger partial charge in [0.05, 0.1) is 11.9 Å². The highest BCUT2D eigenvalue weighted by Gasteiger charge is 2.13. The van der Waals surface area contributed by atoms with Crippen LogP contribution in [0.25, 0.3) is 0 Å². The number of amides is 1. The lowest BCUT2D eigenvalue weighted by molar-refractivity contribution is 0.0987. The van der Waals surface area contributed by atoms with E-state index in [1.54, 1.807) is 6.20 Å². The second-order valence-corrected chi connectivity index (χ2v) is 5.74. The average molecular weight is 354 g/mol. The van der Waals surface area contributed by atoms with Gasteiger partial charge in [-0.05, 0) is 12.0 Å². The average Bonchev–Trinajstić information content (AvgIpc) is 3.11. The third-order valence-electron chi connectivity index (χ3n) is 3.85. The minimum absolute atomic E-state index is 0.0346. The largest absolute Gasteiger partial charge is 0.373 e. The number of anilines is 1. The number of carbonyl (C=O) groups is 1. The minimum Gasteiger partial charge on any atom is -0.373 e. The molecule has 9 heteroatoms. The van der Waals surface area contributed by atoms with Crippen LogP contribution >= 0.6 is 0 Å². The molecule has 2 aromatic heterocycles. The first-order valence-corrected chi connectivity index (χ1v) is 7.97. The highest BCUT2D eigenvalue weighted by atomic mass is 16.5. The molecular formula is C17H18N6O3. The van der Waals surface area contributed by atoms with Gasteiger partial charge in [0.15, 0.2) is 0 Å². The van der Waals surface area contributed by atoms with Crippen LogP contribution in [0.4, 0.5) is 5.69 Å². The predicted octanol–water partition coefficient (Wildman–Crippen LogP) is 0.452. The van der Waals surface area contributed by atoms with Gasteiger partial charge < -0.3 is 15.2 Å². The fourth-order valence-corrected chi connectivity index (χ4v) is 2.37. The Kier molecular flexibility index (Phi) is 5.07. The van der Waals surface area contributed by atoms with Crippen molar-refractivity contribution >= 4 is 11.6 Å². The van der Waals surface area contributed by atoms with E-state index in [2.05, 4.69) is 27.4 Å². The molecule has 0 radical (unpaired) electrons. The molecule has 0 fully saturated rings. The Morgan fingerprint density at radius 3 is 2.73 bits per heavy atom. The molecule has 134 valence electrons. The lowest BCUT2D eigenvalue weighted by atomic mass is 10.1. The zero-order valence-corrected chi connectivity index (χ0v) is 14.2. The maximum absolute atomic E-state index is 12.3. The Bertz CT molecular complexity index is 950. The van der Waals surface area contributed by atoms with E-state index in [1.807, 2.05) is 30.1 Å². The standard InChI is InChI=1S/C17H18N6O3/c1-22(8-7-12-5-3-2-4-6-12)13-9-15(24)23(19-10-13)11-14-20-17(16(18)25)21-26-14/h2-6,9-10H,7-8,11H2,1H3,(H2,18,25). The molecule has 26 heavy (non-hydrogen) atoms. The maximum Gasteiger partial charge on any atom is 0.290 e. The quantitative estimate of drug-likeness (QED) is 0.654. The molecule has 0 unspecified atom stereocenters. The Morgan fingerprint density at radius 2 is 2.08 bits per heavy atom. The smallest absolute Gasteiger partial charge is 0.290 e. The van der Waals surface area contributed by atoms with Gasteiger partial charge >= 0.3 is 0 Å². The second-order valence-electron chi connectivity index (χ2n) is 5.74. The second kappa shape index (κ2) is 7.60. The summed E-state index contributed by atoms with van der Waals surface area (Å²) in [7, 11) is 1.90. The van der Waals surface area contributed by atoms with Gasteiger partial charge in [0.2, 0.25) is 5.89 Å². The highest BCUT2D eigenvalue weighted by Crippen LogP contribution is 2.09. The van der Waals surface area contributed by atoms with Gasteiger partial charge in [-0.3, -0.25) is 9.59 Å². The van der Waals surface area contributed by atoms with Crippen LogP contribution in [0.15, 0.2) is 51.9 Å². The van der Waals surface area contributed by atoms with E-state index in [0.717, 1.165) is 13.0 Å². The van der Waals surface area contributed by atoms with E-state index < -0.39 is 5.91 Å². The van der Waals surface area contributed by atoms with Crippen molar-refractivity contribution in [3.63, 3.8) is 0 Å². The summed E-state index contributed by atoms with van der Waals surface area (Å²) < 4.78 is 6.05. The first-order valence-electron chi connectivity index (χ1n) is 7.97. The number of rotatable bonds is 7. The molecule has 9 nitrogen and oxygen atoms in total. The molecule has 1 amide bonds. The molecule has 0 saturated heterocycles. The third kappa shape index (κ3) is 4.12. The van der Waals surface area contributed by atoms with Crippen molar-refractivity contribution in [3.05, 3.63) is 70.2 Å². The van der Waals surface area contributed by atoms with Gasteiger partial charge in [0.25, 0.3) is 17.3 Å². The van der Waals surface area contributed by atoms with Gasteiger partial charge in [-0.25, -0.2) is 4.68 Å². The van der Waals surface area contributed by atoms with Gasteiger partial charge in [0, 0.05) is 19.7 Å². The van der Waals surface area contributed by atoms with E-state index >= 15 is 0 Å². The van der Waals surface area contributed by atoms with Crippen LogP contribution in [0, 0.1) is 0 Å². The molecule has 3 aromatic rings. The zero-order chi connectivity index (χ0) is 18.5. The number of primary amides is 1. The van der Waals surface area contributed by atoms with Gasteiger partial charge in [0.1, 0.15) is 6.54 Å². The van der Waals surface area contributed by atoms with Gasteiger partial charge in [-0.1, -0.05) is 35.5 Å². The molecule has 0 aliphatic rings. The predicted molar refractivity (Wildman–Crippen MR) is 93.8 cm³/mol. The summed E-state index contributed by atoms with van der Waals surface area (Å²) in [5.41, 5.74) is 6.69. The number of hydrogen-bond donors (Lipinski definition) is 1. The van der Waals surface area contributed by atoms with Crippen molar-refractivity contribution < 1.29 is 9.32 Å². The molecule has 0 atom stereocenters. The number of aromatic nitrogens is 4. The maximum atomic E-state index is 12.3. The van der Waals surface area contributed by atoms with E-state index in [4.69, 9.17) is 10.3 Å². The van der Waals surface area contributed by atoms with E-state index in [1.165, 1.54) is 16.3 Å². The molecule has 0 aliphatic heterocycles. The fourth-order valence-electron chi connectivity index (χ4n) is 2.37. The van der Waals surface area contributed by atoms with Gasteiger partial charge in [-0.15, -0.1) is 0 Å². The normalized spacial score (nSPS) is 10.7. The topological polar surface area (TPSA) is 120 Å². The Hall–Kier alpha value is -3.49. The van der Waals surface area contributed by atoms with Gasteiger partial charge in [-0.2, -0.15) is 10.1 Å². The number of nitrogens with two attached hydrogens (primary N) is 1. The molecule has 3 rings (SSSR count). The lowest BCUT2D eigenvalue weighted by Crippen LogP contribution is -2.27. The highest BCUT2D eigenvalue weighted by molar-refractivity contribution is 5.88. The summed E-state index contributed by atoms with van der Waals surface area (Å²) in [6.45, 7) is 0.716. The summed E-state index contributed by atoms with van der Waals surface area (Å²) in [4.78, 5) is 29.0. The summed E-state index contributed by atoms with van der Waals surface area (Å²) in [5.74, 6) is -0.945. The van der Waals surface area contributed by atoms with Crippen molar-refractivity contribution in [3.8, 4) is 0 Å². The molecule has 1 aromatic carbocycles. The number of nitrogens with zero attached hydrogens (tertiary/aromatic N) is 5. The van der Waals surface area contributed by atoms with Crippen LogP contribution in [-0.2, 0) is 13.0 Å². The molecule has 2 N–H and O–H groups in total. The zero-order valence-electron chi connectivity index (χ0n) is 14.2. The van der Waals surface area contributed by atoms with Crippen LogP contribution in [-0.4, -0.2) is 39.4 Å². The first-order chi connectivity index (χ1) is 12.5. The Morgan fingerprint density at radius 1 is 1.31 bits per heavy atom. The van der Waals surface area contributed by atoms with Crippen molar-refractivity contribution in [2.45, 2.75) is 13.0 Å². The van der Waals surface area contributed by atoms with Crippen LogP contribution in [0.5, 0.6) is 0 Å². The fraction of sp³-hybridized carbons (Fsp3) is 0.235. The van der Waals surface area contributed by atoms with Crippen molar-refractivity contribution in [2.75, 3.05) is 18.5 Å². The molecule has 2 heterocycles. The van der Waals surface area contributed by atoms with E-state index in [9.17, 15) is 9.59 Å². The molecule has 0 aliphatic carbocycles. The number of likely N-dealkylation sites (N-methyl/N-ethyl adjacent to an activating group) is 1. The number of carbonyl (C=O) groups excluding carboxylic acids is 1. The van der Waals surface area contributed by atoms with Crippen molar-refractivity contribution in [2.24, 2.45) is 5.73 Å². The van der Waals surface area contributed by atoms with Crippen molar-refractivity contribution in [1.82, 2.24) is 19.9 Å². The Labute approximate surface area is 149 Å². The summed E-state index contributed by atoms with van der Waals surface area (Å²) in [5, 5.41) is 7.55. The third-order valence-corrected chi connectivity index (χ3v) is 3.85. The van der Waals surface area contributed by atoms with Crippen molar-refractivity contribution in [1.29, 1.82) is 0 Å². The summed E-state index contributed by atoms with van der Waals surface area (Å²) >= 11 is 0. The number of hydrogen-bond acceptors (Lipinski definition) is 7. The number of benzene rings is 1. The SMILES string of the molecule is CN(CCc1ccccc1)c1cnn(Cc2nc(C(N)=O)no2)c(=O)c1. The van der Waals surface area contributed by atoms with Crippen LogP contribution in [0.1, 0.15) is 22.1 Å². The first kappa shape index (κ1) is 17.3. The minimum atomic E-state index is -0.796. The van der Waals surface area contributed by atoms with Crippen LogP contribution < -0.4 is 16.2 Å². The lowest BCUT2D eigenvalue weighted by Gasteiger charge is -2.18. The molecule has 0 saturated carbocycles. The molecule has 0 spiro atoms. The molecule has 0 bridgehead atoms. The summed E-state index contributed by atoms with van der Waals surface area (Å²) in [6, 6.07) is 11.6. The van der Waals surface area contributed by atoms with E-state index in [0.29, 0.717) is 5.69 Å². The summed E-state index contributed by atoms with van der Waals surface area (Å²) in [6.07, 6.45) is 2.45. The molecular weight excluding hydrogens is 336 g/mol. The van der Waals surface area contributed by atoms with Crippen LogP contribution in [0.2, 0.25) is 0 Å². The van der Waals surface area contributed by atoms with E-state index in [-0.39, 0.29) is 23.8 Å². The Balaban J connectivity index is 1.66. The van der Waals surface area contributed by atoms with Crippen LogP contribution in [0.3, 0.4) is 0 Å². The monoisotopic (exact) mass is 354 g/mol.